The van der Waals surface area contributed by atoms with Crippen LogP contribution in [0.15, 0.2) is 36.4 Å². The van der Waals surface area contributed by atoms with Crippen LogP contribution < -0.4 is 20.1 Å². The summed E-state index contributed by atoms with van der Waals surface area (Å²) in [6.45, 7) is 7.07. The third-order valence-electron chi connectivity index (χ3n) is 7.74. The zero-order valence-electron chi connectivity index (χ0n) is 20.0. The first kappa shape index (κ1) is 22.1. The van der Waals surface area contributed by atoms with Crippen molar-refractivity contribution in [3.8, 4) is 11.5 Å². The molecule has 0 radical (unpaired) electrons. The van der Waals surface area contributed by atoms with E-state index in [9.17, 15) is 4.79 Å². The van der Waals surface area contributed by atoms with Crippen molar-refractivity contribution >= 4 is 17.3 Å². The Kier molecular flexibility index (Phi) is 5.73. The largest absolute Gasteiger partial charge is 0.497 e. The van der Waals surface area contributed by atoms with E-state index >= 15 is 0 Å². The minimum atomic E-state index is -0.434. The molecule has 1 aliphatic carbocycles. The molecule has 33 heavy (non-hydrogen) atoms. The number of hydrogen-bond donors (Lipinski definition) is 1. The maximum atomic E-state index is 13.8. The number of nitrogens with two attached hydrogens (primary N) is 1. The quantitative estimate of drug-likeness (QED) is 0.658. The highest BCUT2D eigenvalue weighted by atomic mass is 16.5. The minimum Gasteiger partial charge on any atom is -0.497 e. The topological polar surface area (TPSA) is 68.0 Å². The van der Waals surface area contributed by atoms with Gasteiger partial charge in [0.1, 0.15) is 17.6 Å². The fourth-order valence-corrected chi connectivity index (χ4v) is 5.60. The van der Waals surface area contributed by atoms with E-state index in [0.29, 0.717) is 18.3 Å². The van der Waals surface area contributed by atoms with Crippen LogP contribution >= 0.6 is 0 Å². The number of fused-ring (bicyclic) bond motifs is 2. The van der Waals surface area contributed by atoms with Crippen molar-refractivity contribution < 1.29 is 14.3 Å². The predicted molar refractivity (Wildman–Crippen MR) is 131 cm³/mol. The second-order valence-electron chi connectivity index (χ2n) is 10.0. The molecule has 5 rings (SSSR count). The number of methoxy groups -OCH3 is 1. The summed E-state index contributed by atoms with van der Waals surface area (Å²) in [5.41, 5.74) is 9.64. The number of rotatable bonds is 6. The Morgan fingerprint density at radius 1 is 1.12 bits per heavy atom. The highest BCUT2D eigenvalue weighted by Crippen LogP contribution is 2.57. The molecule has 2 aliphatic heterocycles. The second kappa shape index (κ2) is 8.56. The normalized spacial score (nSPS) is 20.2. The molecule has 6 heteroatoms. The highest BCUT2D eigenvalue weighted by Gasteiger charge is 2.55. The van der Waals surface area contributed by atoms with Crippen molar-refractivity contribution in [1.82, 2.24) is 4.90 Å². The summed E-state index contributed by atoms with van der Waals surface area (Å²) in [5.74, 6) is 1.76. The highest BCUT2D eigenvalue weighted by molar-refractivity contribution is 6.10. The molecule has 2 aromatic rings. The Balaban J connectivity index is 1.46. The lowest BCUT2D eigenvalue weighted by Gasteiger charge is -2.37. The molecule has 0 unspecified atom stereocenters. The Hall–Kier alpha value is -2.73. The Bertz CT molecular complexity index is 1020. The number of carbonyl (C=O) groups is 1. The minimum absolute atomic E-state index is 0.141. The average Bonchev–Trinajstić information content (AvgIpc) is 3.02. The van der Waals surface area contributed by atoms with Crippen LogP contribution in [0, 0.1) is 0 Å². The monoisotopic (exact) mass is 449 g/mol. The molecule has 176 valence electrons. The van der Waals surface area contributed by atoms with Gasteiger partial charge in [-0.25, -0.2) is 0 Å². The number of nitrogen functional groups attached to an aromatic ring is 1. The van der Waals surface area contributed by atoms with Crippen LogP contribution in [0.5, 0.6) is 11.5 Å². The SMILES string of the molecule is COc1ccc(CN2C(=O)C3(CCC3)c3cc(N)cc(OC4CCN(C(C)C)CC4)c32)cc1. The molecule has 1 saturated carbocycles. The van der Waals surface area contributed by atoms with E-state index in [1.807, 2.05) is 41.3 Å². The molecule has 1 saturated heterocycles. The number of benzene rings is 2. The van der Waals surface area contributed by atoms with Crippen molar-refractivity contribution in [2.45, 2.75) is 70.1 Å². The fourth-order valence-electron chi connectivity index (χ4n) is 5.60. The van der Waals surface area contributed by atoms with Crippen LogP contribution in [0.25, 0.3) is 0 Å². The van der Waals surface area contributed by atoms with Crippen molar-refractivity contribution in [2.24, 2.45) is 0 Å². The van der Waals surface area contributed by atoms with Gasteiger partial charge in [-0.05, 0) is 68.9 Å². The van der Waals surface area contributed by atoms with Gasteiger partial charge in [0.2, 0.25) is 5.91 Å². The Morgan fingerprint density at radius 3 is 2.39 bits per heavy atom. The van der Waals surface area contributed by atoms with Gasteiger partial charge in [-0.1, -0.05) is 18.6 Å². The summed E-state index contributed by atoms with van der Waals surface area (Å²) in [6, 6.07) is 12.4. The number of ether oxygens (including phenoxy) is 2. The van der Waals surface area contributed by atoms with Crippen LogP contribution in [0.3, 0.4) is 0 Å². The van der Waals surface area contributed by atoms with Crippen molar-refractivity contribution in [3.63, 3.8) is 0 Å². The van der Waals surface area contributed by atoms with Gasteiger partial charge >= 0.3 is 0 Å². The molecule has 0 aromatic heterocycles. The molecule has 2 aromatic carbocycles. The molecule has 1 spiro atoms. The molecule has 1 amide bonds. The summed E-state index contributed by atoms with van der Waals surface area (Å²) in [6.07, 6.45) is 4.95. The zero-order chi connectivity index (χ0) is 23.2. The zero-order valence-corrected chi connectivity index (χ0v) is 20.0. The summed E-state index contributed by atoms with van der Waals surface area (Å²) in [4.78, 5) is 18.2. The smallest absolute Gasteiger partial charge is 0.238 e. The van der Waals surface area contributed by atoms with Crippen LogP contribution in [-0.2, 0) is 16.8 Å². The van der Waals surface area contributed by atoms with E-state index in [2.05, 4.69) is 18.7 Å². The molecule has 2 fully saturated rings. The molecule has 2 N–H and O–H groups in total. The summed E-state index contributed by atoms with van der Waals surface area (Å²) >= 11 is 0. The number of likely N-dealkylation sites (tertiary alicyclic amines) is 1. The van der Waals surface area contributed by atoms with Crippen LogP contribution in [0.1, 0.15) is 57.1 Å². The predicted octanol–water partition coefficient (Wildman–Crippen LogP) is 4.50. The average molecular weight is 450 g/mol. The van der Waals surface area contributed by atoms with Crippen molar-refractivity contribution in [2.75, 3.05) is 30.8 Å². The first-order chi connectivity index (χ1) is 15.9. The van der Waals surface area contributed by atoms with Gasteiger partial charge in [0, 0.05) is 30.9 Å². The lowest BCUT2D eigenvalue weighted by Crippen LogP contribution is -2.44. The van der Waals surface area contributed by atoms with Crippen LogP contribution in [0.2, 0.25) is 0 Å². The van der Waals surface area contributed by atoms with E-state index in [0.717, 1.165) is 73.5 Å². The first-order valence-electron chi connectivity index (χ1n) is 12.2. The fraction of sp³-hybridized carbons (Fsp3) is 0.519. The standard InChI is InChI=1S/C27H35N3O3/c1-18(2)29-13-9-22(10-14-29)33-24-16-20(28)15-23-25(24)30(26(31)27(23)11-4-12-27)17-19-5-7-21(32-3)8-6-19/h5-8,15-16,18,22H,4,9-14,17,28H2,1-3H3. The Morgan fingerprint density at radius 2 is 1.82 bits per heavy atom. The van der Waals surface area contributed by atoms with Gasteiger partial charge in [-0.2, -0.15) is 0 Å². The molecular formula is C27H35N3O3. The van der Waals surface area contributed by atoms with Gasteiger partial charge < -0.3 is 25.0 Å². The first-order valence-corrected chi connectivity index (χ1v) is 12.2. The van der Waals surface area contributed by atoms with E-state index in [4.69, 9.17) is 15.2 Å². The van der Waals surface area contributed by atoms with E-state index in [1.165, 1.54) is 0 Å². The Labute approximate surface area is 196 Å². The molecule has 6 nitrogen and oxygen atoms in total. The van der Waals surface area contributed by atoms with Crippen molar-refractivity contribution in [1.29, 1.82) is 0 Å². The lowest BCUT2D eigenvalue weighted by molar-refractivity contribution is -0.126. The number of carbonyl (C=O) groups excluding carboxylic acids is 1. The van der Waals surface area contributed by atoms with E-state index < -0.39 is 5.41 Å². The second-order valence-corrected chi connectivity index (χ2v) is 10.0. The van der Waals surface area contributed by atoms with Crippen LogP contribution in [-0.4, -0.2) is 43.2 Å². The number of amides is 1. The van der Waals surface area contributed by atoms with Gasteiger partial charge in [-0.15, -0.1) is 0 Å². The summed E-state index contributed by atoms with van der Waals surface area (Å²) in [5, 5.41) is 0. The van der Waals surface area contributed by atoms with Gasteiger partial charge in [0.05, 0.1) is 24.8 Å². The maximum Gasteiger partial charge on any atom is 0.238 e. The number of nitrogens with zero attached hydrogens (tertiary/aromatic N) is 2. The third-order valence-corrected chi connectivity index (χ3v) is 7.74. The van der Waals surface area contributed by atoms with Gasteiger partial charge in [-0.3, -0.25) is 4.79 Å². The molecule has 0 atom stereocenters. The third kappa shape index (κ3) is 3.84. The molecule has 2 heterocycles. The summed E-state index contributed by atoms with van der Waals surface area (Å²) < 4.78 is 11.9. The lowest BCUT2D eigenvalue weighted by atomic mass is 9.65. The van der Waals surface area contributed by atoms with Gasteiger partial charge in [0.15, 0.2) is 0 Å². The van der Waals surface area contributed by atoms with E-state index in [1.54, 1.807) is 7.11 Å². The van der Waals surface area contributed by atoms with Gasteiger partial charge in [0.25, 0.3) is 0 Å². The van der Waals surface area contributed by atoms with Crippen molar-refractivity contribution in [3.05, 3.63) is 47.5 Å². The number of hydrogen-bond acceptors (Lipinski definition) is 5. The molecular weight excluding hydrogens is 414 g/mol. The van der Waals surface area contributed by atoms with E-state index in [-0.39, 0.29) is 12.0 Å². The maximum absolute atomic E-state index is 13.8. The number of piperidine rings is 1. The summed E-state index contributed by atoms with van der Waals surface area (Å²) in [7, 11) is 1.66. The number of anilines is 2. The molecule has 0 bridgehead atoms. The van der Waals surface area contributed by atoms with Crippen LogP contribution in [0.4, 0.5) is 11.4 Å². The molecule has 3 aliphatic rings.